The molecule has 0 saturated heterocycles. The Balaban J connectivity index is 1.54. The van der Waals surface area contributed by atoms with Gasteiger partial charge in [-0.05, 0) is 53.2 Å². The van der Waals surface area contributed by atoms with E-state index in [4.69, 9.17) is 4.42 Å². The van der Waals surface area contributed by atoms with Gasteiger partial charge in [0, 0.05) is 23.0 Å². The molecule has 7 heteroatoms. The molecule has 2 aromatic heterocycles. The van der Waals surface area contributed by atoms with E-state index in [0.29, 0.717) is 22.0 Å². The molecule has 2 aromatic carbocycles. The molecule has 0 aliphatic carbocycles. The Morgan fingerprint density at radius 2 is 1.72 bits per heavy atom. The molecule has 0 saturated carbocycles. The lowest BCUT2D eigenvalue weighted by Gasteiger charge is -2.10. The molecular formula is C22H17BrN4O2. The molecule has 0 radical (unpaired) electrons. The van der Waals surface area contributed by atoms with Crippen LogP contribution in [-0.2, 0) is 0 Å². The molecule has 0 fully saturated rings. The fraction of sp³-hybridized carbons (Fsp3) is 0.0455. The average molecular weight is 449 g/mol. The Kier molecular flexibility index (Phi) is 5.39. The van der Waals surface area contributed by atoms with Gasteiger partial charge in [0.25, 0.3) is 5.91 Å². The van der Waals surface area contributed by atoms with Crippen molar-refractivity contribution in [3.63, 3.8) is 0 Å². The lowest BCUT2D eigenvalue weighted by atomic mass is 10.1. The van der Waals surface area contributed by atoms with Gasteiger partial charge < -0.3 is 15.1 Å². The highest BCUT2D eigenvalue weighted by molar-refractivity contribution is 9.10. The molecular weight excluding hydrogens is 432 g/mol. The van der Waals surface area contributed by atoms with Crippen molar-refractivity contribution in [2.45, 2.75) is 6.92 Å². The van der Waals surface area contributed by atoms with Crippen LogP contribution in [0.25, 0.3) is 11.3 Å². The minimum atomic E-state index is -0.322. The van der Waals surface area contributed by atoms with Crippen LogP contribution in [-0.4, -0.2) is 15.9 Å². The lowest BCUT2D eigenvalue weighted by molar-refractivity contribution is 0.0995. The summed E-state index contributed by atoms with van der Waals surface area (Å²) in [6.07, 6.45) is 0. The highest BCUT2D eigenvalue weighted by Gasteiger charge is 2.11. The fourth-order valence-electron chi connectivity index (χ4n) is 2.84. The molecule has 0 bridgehead atoms. The van der Waals surface area contributed by atoms with E-state index in [2.05, 4.69) is 36.5 Å². The number of aryl methyl sites for hydroxylation is 1. The number of anilines is 3. The normalized spacial score (nSPS) is 10.6. The molecule has 0 spiro atoms. The van der Waals surface area contributed by atoms with Gasteiger partial charge in [-0.25, -0.2) is 9.97 Å². The average Bonchev–Trinajstić information content (AvgIpc) is 3.15. The van der Waals surface area contributed by atoms with Crippen molar-refractivity contribution in [3.05, 3.63) is 89.1 Å². The zero-order chi connectivity index (χ0) is 20.2. The van der Waals surface area contributed by atoms with Gasteiger partial charge in [-0.1, -0.05) is 36.4 Å². The molecule has 144 valence electrons. The second-order valence-corrected chi connectivity index (χ2v) is 7.10. The van der Waals surface area contributed by atoms with Crippen molar-refractivity contribution in [1.29, 1.82) is 0 Å². The fourth-order valence-corrected chi connectivity index (χ4v) is 3.15. The summed E-state index contributed by atoms with van der Waals surface area (Å²) in [6, 6.07) is 22.5. The molecule has 2 heterocycles. The number of carbonyl (C=O) groups is 1. The minimum Gasteiger partial charge on any atom is -0.444 e. The molecule has 4 rings (SSSR count). The summed E-state index contributed by atoms with van der Waals surface area (Å²) in [6.45, 7) is 1.86. The summed E-state index contributed by atoms with van der Waals surface area (Å²) < 4.78 is 5.79. The quantitative estimate of drug-likeness (QED) is 0.402. The number of nitrogens with one attached hydrogen (secondary N) is 2. The molecule has 29 heavy (non-hydrogen) atoms. The molecule has 0 aliphatic heterocycles. The number of nitrogens with zero attached hydrogens (tertiary/aromatic N) is 2. The maximum atomic E-state index is 12.3. The number of furan rings is 1. The van der Waals surface area contributed by atoms with Gasteiger partial charge in [0.15, 0.2) is 10.4 Å². The standard InChI is InChI=1S/C22H17BrN4O2/c1-14-24-18(15-6-3-2-4-7-15)13-21(25-14)26-16-8-5-9-17(12-16)27-22(28)19-10-11-20(23)29-19/h2-13H,1H3,(H,27,28)(H,24,25,26). The molecule has 1 amide bonds. The largest absolute Gasteiger partial charge is 0.444 e. The predicted octanol–water partition coefficient (Wildman–Crippen LogP) is 5.80. The Bertz CT molecular complexity index is 1160. The Labute approximate surface area is 176 Å². The first-order chi connectivity index (χ1) is 14.1. The number of rotatable bonds is 5. The molecule has 6 nitrogen and oxygen atoms in total. The van der Waals surface area contributed by atoms with Crippen molar-refractivity contribution in [2.75, 3.05) is 10.6 Å². The first kappa shape index (κ1) is 18.9. The Morgan fingerprint density at radius 3 is 2.48 bits per heavy atom. The summed E-state index contributed by atoms with van der Waals surface area (Å²) >= 11 is 3.19. The number of aromatic nitrogens is 2. The smallest absolute Gasteiger partial charge is 0.291 e. The first-order valence-electron chi connectivity index (χ1n) is 8.92. The van der Waals surface area contributed by atoms with Crippen molar-refractivity contribution in [2.24, 2.45) is 0 Å². The van der Waals surface area contributed by atoms with Crippen LogP contribution in [0.1, 0.15) is 16.4 Å². The first-order valence-corrected chi connectivity index (χ1v) is 9.71. The van der Waals surface area contributed by atoms with Gasteiger partial charge in [0.2, 0.25) is 0 Å². The zero-order valence-electron chi connectivity index (χ0n) is 15.5. The molecule has 4 aromatic rings. The van der Waals surface area contributed by atoms with Crippen LogP contribution in [0.5, 0.6) is 0 Å². The van der Waals surface area contributed by atoms with Gasteiger partial charge in [-0.15, -0.1) is 0 Å². The molecule has 0 unspecified atom stereocenters. The van der Waals surface area contributed by atoms with E-state index < -0.39 is 0 Å². The van der Waals surface area contributed by atoms with Gasteiger partial charge in [-0.2, -0.15) is 0 Å². The number of carbonyl (C=O) groups excluding carboxylic acids is 1. The highest BCUT2D eigenvalue weighted by Crippen LogP contribution is 2.24. The third kappa shape index (κ3) is 4.70. The number of halogens is 1. The summed E-state index contributed by atoms with van der Waals surface area (Å²) in [7, 11) is 0. The third-order valence-corrected chi connectivity index (χ3v) is 4.52. The van der Waals surface area contributed by atoms with E-state index in [9.17, 15) is 4.79 Å². The monoisotopic (exact) mass is 448 g/mol. The summed E-state index contributed by atoms with van der Waals surface area (Å²) in [4.78, 5) is 21.3. The third-order valence-electron chi connectivity index (χ3n) is 4.10. The van der Waals surface area contributed by atoms with E-state index in [-0.39, 0.29) is 11.7 Å². The van der Waals surface area contributed by atoms with Crippen molar-refractivity contribution < 1.29 is 9.21 Å². The van der Waals surface area contributed by atoms with Gasteiger partial charge in [-0.3, -0.25) is 4.79 Å². The minimum absolute atomic E-state index is 0.231. The van der Waals surface area contributed by atoms with E-state index in [1.807, 2.05) is 67.6 Å². The Hall–Kier alpha value is -3.45. The van der Waals surface area contributed by atoms with Crippen LogP contribution in [0.2, 0.25) is 0 Å². The van der Waals surface area contributed by atoms with Crippen molar-refractivity contribution in [1.82, 2.24) is 9.97 Å². The summed E-state index contributed by atoms with van der Waals surface area (Å²) in [5, 5.41) is 6.10. The maximum absolute atomic E-state index is 12.3. The number of benzene rings is 2. The van der Waals surface area contributed by atoms with Crippen molar-refractivity contribution in [3.8, 4) is 11.3 Å². The SMILES string of the molecule is Cc1nc(Nc2cccc(NC(=O)c3ccc(Br)o3)c2)cc(-c2ccccc2)n1. The zero-order valence-corrected chi connectivity index (χ0v) is 17.1. The van der Waals surface area contributed by atoms with Crippen LogP contribution < -0.4 is 10.6 Å². The number of amides is 1. The van der Waals surface area contributed by atoms with Crippen LogP contribution in [0.4, 0.5) is 17.2 Å². The van der Waals surface area contributed by atoms with Crippen LogP contribution in [0.3, 0.4) is 0 Å². The Morgan fingerprint density at radius 1 is 0.931 bits per heavy atom. The van der Waals surface area contributed by atoms with Gasteiger partial charge in [0.1, 0.15) is 11.6 Å². The number of hydrogen-bond donors (Lipinski definition) is 2. The lowest BCUT2D eigenvalue weighted by Crippen LogP contribution is -2.10. The van der Waals surface area contributed by atoms with Crippen LogP contribution in [0, 0.1) is 6.92 Å². The van der Waals surface area contributed by atoms with E-state index >= 15 is 0 Å². The van der Waals surface area contributed by atoms with E-state index in [1.165, 1.54) is 0 Å². The number of hydrogen-bond acceptors (Lipinski definition) is 5. The van der Waals surface area contributed by atoms with Crippen molar-refractivity contribution >= 4 is 39.0 Å². The van der Waals surface area contributed by atoms with Gasteiger partial charge >= 0.3 is 0 Å². The highest BCUT2D eigenvalue weighted by atomic mass is 79.9. The summed E-state index contributed by atoms with van der Waals surface area (Å²) in [5.74, 6) is 1.25. The van der Waals surface area contributed by atoms with E-state index in [0.717, 1.165) is 16.9 Å². The molecule has 0 atom stereocenters. The summed E-state index contributed by atoms with van der Waals surface area (Å²) in [5.41, 5.74) is 3.29. The van der Waals surface area contributed by atoms with Crippen LogP contribution in [0.15, 0.2) is 81.9 Å². The topological polar surface area (TPSA) is 80.0 Å². The second kappa shape index (κ2) is 8.28. The molecule has 2 N–H and O–H groups in total. The predicted molar refractivity (Wildman–Crippen MR) is 116 cm³/mol. The second-order valence-electron chi connectivity index (χ2n) is 6.32. The molecule has 0 aliphatic rings. The maximum Gasteiger partial charge on any atom is 0.291 e. The van der Waals surface area contributed by atoms with Gasteiger partial charge in [0.05, 0.1) is 5.69 Å². The van der Waals surface area contributed by atoms with Crippen LogP contribution >= 0.6 is 15.9 Å². The van der Waals surface area contributed by atoms with E-state index in [1.54, 1.807) is 12.1 Å².